The highest BCUT2D eigenvalue weighted by Gasteiger charge is 2.22. The van der Waals surface area contributed by atoms with Crippen LogP contribution < -0.4 is 10.1 Å². The minimum absolute atomic E-state index is 0.540. The van der Waals surface area contributed by atoms with E-state index in [0.717, 1.165) is 38.3 Å². The summed E-state index contributed by atoms with van der Waals surface area (Å²) in [7, 11) is 0. The molecule has 1 N–H and O–H groups in total. The van der Waals surface area contributed by atoms with Gasteiger partial charge in [-0.05, 0) is 55.3 Å². The zero-order valence-electron chi connectivity index (χ0n) is 14.6. The van der Waals surface area contributed by atoms with Crippen molar-refractivity contribution in [2.75, 3.05) is 38.1 Å². The third-order valence-corrected chi connectivity index (χ3v) is 4.52. The number of nitriles is 2. The maximum Gasteiger partial charge on any atom is 0.143 e. The van der Waals surface area contributed by atoms with Crippen molar-refractivity contribution >= 4 is 5.82 Å². The first-order valence-corrected chi connectivity index (χ1v) is 8.73. The van der Waals surface area contributed by atoms with Crippen molar-refractivity contribution in [3.63, 3.8) is 0 Å². The molecule has 1 aliphatic heterocycles. The van der Waals surface area contributed by atoms with E-state index in [1.807, 2.05) is 12.1 Å². The number of ether oxygens (including phenoxy) is 1. The summed E-state index contributed by atoms with van der Waals surface area (Å²) < 4.78 is 5.75. The Morgan fingerprint density at radius 3 is 2.81 bits per heavy atom. The Bertz CT molecular complexity index is 806. The fourth-order valence-corrected chi connectivity index (χ4v) is 3.08. The number of aromatic nitrogens is 1. The Morgan fingerprint density at radius 2 is 2.04 bits per heavy atom. The summed E-state index contributed by atoms with van der Waals surface area (Å²) in [5, 5.41) is 21.2. The second kappa shape index (κ2) is 8.84. The van der Waals surface area contributed by atoms with Crippen LogP contribution in [0.1, 0.15) is 17.5 Å². The zero-order valence-corrected chi connectivity index (χ0v) is 14.6. The Labute approximate surface area is 153 Å². The molecule has 2 aromatic rings. The van der Waals surface area contributed by atoms with Crippen LogP contribution in [-0.2, 0) is 0 Å². The fourth-order valence-electron chi connectivity index (χ4n) is 3.08. The minimum Gasteiger partial charge on any atom is -0.492 e. The Morgan fingerprint density at radius 1 is 1.19 bits per heavy atom. The number of pyridine rings is 1. The number of hydrogen-bond donors (Lipinski definition) is 1. The maximum absolute atomic E-state index is 9.10. The van der Waals surface area contributed by atoms with Crippen molar-refractivity contribution in [2.45, 2.75) is 6.42 Å². The van der Waals surface area contributed by atoms with Crippen LogP contribution in [0.2, 0.25) is 0 Å². The van der Waals surface area contributed by atoms with Gasteiger partial charge in [0.1, 0.15) is 24.2 Å². The summed E-state index contributed by atoms with van der Waals surface area (Å²) in [6.45, 7) is 4.39. The van der Waals surface area contributed by atoms with Crippen LogP contribution in [-0.4, -0.2) is 42.7 Å². The third-order valence-electron chi connectivity index (χ3n) is 4.52. The zero-order chi connectivity index (χ0) is 18.2. The predicted molar refractivity (Wildman–Crippen MR) is 98.6 cm³/mol. The quantitative estimate of drug-likeness (QED) is 0.829. The van der Waals surface area contributed by atoms with E-state index < -0.39 is 0 Å². The summed E-state index contributed by atoms with van der Waals surface area (Å²) in [5.74, 6) is 2.00. The van der Waals surface area contributed by atoms with Gasteiger partial charge in [-0.1, -0.05) is 0 Å². The van der Waals surface area contributed by atoms with Gasteiger partial charge in [-0.25, -0.2) is 4.98 Å². The molecule has 0 bridgehead atoms. The topological polar surface area (TPSA) is 85.0 Å². The lowest BCUT2D eigenvalue weighted by Gasteiger charge is -2.17. The van der Waals surface area contributed by atoms with Gasteiger partial charge in [0.25, 0.3) is 0 Å². The minimum atomic E-state index is 0.540. The molecule has 0 unspecified atom stereocenters. The fraction of sp³-hybridized carbons (Fsp3) is 0.350. The number of nitrogens with zero attached hydrogens (tertiary/aromatic N) is 4. The molecule has 6 nitrogen and oxygen atoms in total. The van der Waals surface area contributed by atoms with Crippen LogP contribution >= 0.6 is 0 Å². The van der Waals surface area contributed by atoms with Crippen molar-refractivity contribution in [1.82, 2.24) is 9.88 Å². The van der Waals surface area contributed by atoms with Crippen LogP contribution in [0.3, 0.4) is 0 Å². The molecule has 0 aliphatic carbocycles. The predicted octanol–water partition coefficient (Wildman–Crippen LogP) is 2.64. The molecule has 0 spiro atoms. The van der Waals surface area contributed by atoms with E-state index in [9.17, 15) is 0 Å². The molecule has 1 fully saturated rings. The van der Waals surface area contributed by atoms with Crippen molar-refractivity contribution in [3.05, 3.63) is 53.7 Å². The first kappa shape index (κ1) is 17.7. The standard InChI is InChI=1S/C20H21N5O/c21-12-16-3-5-19(6-4-16)26-11-10-25-9-7-17(15-25)14-24-20-18(13-22)2-1-8-23-20/h1-6,8,17H,7,9-11,14-15H2,(H,23,24)/t17-/m1/s1. The molecule has 1 aliphatic rings. The molecular weight excluding hydrogens is 326 g/mol. The molecule has 6 heteroatoms. The van der Waals surface area contributed by atoms with Gasteiger partial charge in [0.15, 0.2) is 0 Å². The van der Waals surface area contributed by atoms with Crippen molar-refractivity contribution in [1.29, 1.82) is 10.5 Å². The van der Waals surface area contributed by atoms with E-state index in [-0.39, 0.29) is 0 Å². The van der Waals surface area contributed by atoms with Crippen LogP contribution in [0.4, 0.5) is 5.82 Å². The average molecular weight is 347 g/mol. The van der Waals surface area contributed by atoms with Crippen molar-refractivity contribution < 1.29 is 4.74 Å². The molecule has 26 heavy (non-hydrogen) atoms. The Balaban J connectivity index is 1.38. The van der Waals surface area contributed by atoms with Crippen molar-refractivity contribution in [2.24, 2.45) is 5.92 Å². The number of rotatable bonds is 7. The summed E-state index contributed by atoms with van der Waals surface area (Å²) in [6, 6.07) is 15.0. The van der Waals surface area contributed by atoms with E-state index >= 15 is 0 Å². The smallest absolute Gasteiger partial charge is 0.143 e. The molecule has 0 saturated carbocycles. The van der Waals surface area contributed by atoms with E-state index in [4.69, 9.17) is 15.3 Å². The lowest BCUT2D eigenvalue weighted by Crippen LogP contribution is -2.27. The second-order valence-corrected chi connectivity index (χ2v) is 6.33. The van der Waals surface area contributed by atoms with Crippen LogP contribution in [0.15, 0.2) is 42.6 Å². The van der Waals surface area contributed by atoms with Gasteiger partial charge < -0.3 is 10.1 Å². The molecule has 0 radical (unpaired) electrons. The molecule has 1 atom stereocenters. The second-order valence-electron chi connectivity index (χ2n) is 6.33. The van der Waals surface area contributed by atoms with Crippen LogP contribution in [0, 0.1) is 28.6 Å². The molecule has 2 heterocycles. The third kappa shape index (κ3) is 4.72. The van der Waals surface area contributed by atoms with Gasteiger partial charge in [0.05, 0.1) is 17.2 Å². The maximum atomic E-state index is 9.10. The molecule has 1 aromatic heterocycles. The Kier molecular flexibility index (Phi) is 6.03. The molecule has 1 saturated heterocycles. The number of likely N-dealkylation sites (tertiary alicyclic amines) is 1. The van der Waals surface area contributed by atoms with Gasteiger partial charge in [0, 0.05) is 25.8 Å². The molecule has 3 rings (SSSR count). The first-order valence-electron chi connectivity index (χ1n) is 8.73. The van der Waals surface area contributed by atoms with Gasteiger partial charge in [-0.15, -0.1) is 0 Å². The Hall–Kier alpha value is -3.09. The summed E-state index contributed by atoms with van der Waals surface area (Å²) in [4.78, 5) is 6.63. The van der Waals surface area contributed by atoms with Crippen LogP contribution in [0.25, 0.3) is 0 Å². The normalized spacial score (nSPS) is 16.6. The molecule has 132 valence electrons. The lowest BCUT2D eigenvalue weighted by atomic mass is 10.1. The highest BCUT2D eigenvalue weighted by Crippen LogP contribution is 2.18. The summed E-state index contributed by atoms with van der Waals surface area (Å²) in [6.07, 6.45) is 2.82. The largest absolute Gasteiger partial charge is 0.492 e. The van der Waals surface area contributed by atoms with E-state index in [2.05, 4.69) is 27.3 Å². The molecule has 1 aromatic carbocycles. The average Bonchev–Trinajstić information content (AvgIpc) is 3.15. The first-order chi connectivity index (χ1) is 12.8. The van der Waals surface area contributed by atoms with Crippen LogP contribution in [0.5, 0.6) is 5.75 Å². The lowest BCUT2D eigenvalue weighted by molar-refractivity contribution is 0.233. The number of hydrogen-bond acceptors (Lipinski definition) is 6. The van der Waals surface area contributed by atoms with E-state index in [0.29, 0.717) is 29.5 Å². The summed E-state index contributed by atoms with van der Waals surface area (Å²) in [5.41, 5.74) is 1.22. The number of anilines is 1. The van der Waals surface area contributed by atoms with E-state index in [1.54, 1.807) is 30.5 Å². The molecular formula is C20H21N5O. The highest BCUT2D eigenvalue weighted by atomic mass is 16.5. The molecule has 0 amide bonds. The highest BCUT2D eigenvalue weighted by molar-refractivity contribution is 5.51. The van der Waals surface area contributed by atoms with Gasteiger partial charge >= 0.3 is 0 Å². The SMILES string of the molecule is N#Cc1ccc(OCCN2CC[C@H](CNc3ncccc3C#N)C2)cc1. The number of nitrogens with one attached hydrogen (secondary N) is 1. The van der Waals surface area contributed by atoms with E-state index in [1.165, 1.54) is 0 Å². The number of benzene rings is 1. The van der Waals surface area contributed by atoms with Gasteiger partial charge in [-0.2, -0.15) is 10.5 Å². The van der Waals surface area contributed by atoms with Crippen molar-refractivity contribution in [3.8, 4) is 17.9 Å². The van der Waals surface area contributed by atoms with Gasteiger partial charge in [-0.3, -0.25) is 4.90 Å². The monoisotopic (exact) mass is 347 g/mol. The summed E-state index contributed by atoms with van der Waals surface area (Å²) >= 11 is 0. The van der Waals surface area contributed by atoms with Gasteiger partial charge in [0.2, 0.25) is 0 Å².